The highest BCUT2D eigenvalue weighted by Crippen LogP contribution is 2.26. The lowest BCUT2D eigenvalue weighted by molar-refractivity contribution is -0.146. The second-order valence-corrected chi connectivity index (χ2v) is 5.15. The maximum atomic E-state index is 11.3. The van der Waals surface area contributed by atoms with Crippen molar-refractivity contribution in [3.8, 4) is 11.4 Å². The fourth-order valence-electron chi connectivity index (χ4n) is 1.62. The van der Waals surface area contributed by atoms with Crippen molar-refractivity contribution >= 4 is 17.6 Å². The molecule has 0 aliphatic carbocycles. The van der Waals surface area contributed by atoms with Gasteiger partial charge in [0.1, 0.15) is 0 Å². The number of hydrogen-bond acceptors (Lipinski definition) is 4. The maximum absolute atomic E-state index is 11.3. The molecule has 0 aliphatic heterocycles. The Balaban J connectivity index is 2.56. The van der Waals surface area contributed by atoms with E-state index in [-0.39, 0.29) is 0 Å². The van der Waals surface area contributed by atoms with Gasteiger partial charge in [0.05, 0.1) is 0 Å². The smallest absolute Gasteiger partial charge is 0.331 e. The van der Waals surface area contributed by atoms with E-state index >= 15 is 0 Å². The molecule has 0 spiro atoms. The molecule has 2 aromatic rings. The minimum absolute atomic E-state index is 0.396. The van der Waals surface area contributed by atoms with Gasteiger partial charge in [0.15, 0.2) is 11.4 Å². The van der Waals surface area contributed by atoms with Gasteiger partial charge in [-0.1, -0.05) is 11.6 Å². The molecular weight excluding hydrogens is 268 g/mol. The van der Waals surface area contributed by atoms with E-state index in [4.69, 9.17) is 11.6 Å². The van der Waals surface area contributed by atoms with E-state index in [0.29, 0.717) is 10.8 Å². The molecular formula is C12H13ClN4O2. The van der Waals surface area contributed by atoms with Crippen molar-refractivity contribution in [3.63, 3.8) is 0 Å². The number of carboxylic acid groups (broad SMARTS) is 1. The molecule has 0 aliphatic rings. The quantitative estimate of drug-likeness (QED) is 0.931. The number of hydrogen-bond donors (Lipinski definition) is 1. The van der Waals surface area contributed by atoms with Crippen LogP contribution in [0.3, 0.4) is 0 Å². The van der Waals surface area contributed by atoms with Gasteiger partial charge >= 0.3 is 5.97 Å². The van der Waals surface area contributed by atoms with E-state index in [9.17, 15) is 9.90 Å². The minimum Gasteiger partial charge on any atom is -0.479 e. The summed E-state index contributed by atoms with van der Waals surface area (Å²) in [6.07, 6.45) is 0. The number of aromatic nitrogens is 4. The predicted molar refractivity (Wildman–Crippen MR) is 70.0 cm³/mol. The highest BCUT2D eigenvalue weighted by molar-refractivity contribution is 6.31. The summed E-state index contributed by atoms with van der Waals surface area (Å²) in [4.78, 5) is 11.3. The molecule has 2 rings (SSSR count). The Hall–Kier alpha value is -1.95. The van der Waals surface area contributed by atoms with Crippen molar-refractivity contribution in [2.45, 2.75) is 26.3 Å². The topological polar surface area (TPSA) is 80.9 Å². The molecule has 0 saturated carbocycles. The normalized spacial score (nSPS) is 11.6. The van der Waals surface area contributed by atoms with Gasteiger partial charge in [-0.2, -0.15) is 0 Å². The highest BCUT2D eigenvalue weighted by atomic mass is 35.5. The molecule has 0 fully saturated rings. The van der Waals surface area contributed by atoms with E-state index in [0.717, 1.165) is 11.1 Å². The van der Waals surface area contributed by atoms with Crippen LogP contribution in [0.4, 0.5) is 0 Å². The summed E-state index contributed by atoms with van der Waals surface area (Å²) < 4.78 is 1.29. The molecule has 19 heavy (non-hydrogen) atoms. The van der Waals surface area contributed by atoms with Crippen LogP contribution in [0.1, 0.15) is 19.4 Å². The summed E-state index contributed by atoms with van der Waals surface area (Å²) in [5.74, 6) is -0.612. The van der Waals surface area contributed by atoms with E-state index in [2.05, 4.69) is 15.5 Å². The Morgan fingerprint density at radius 1 is 1.42 bits per heavy atom. The van der Waals surface area contributed by atoms with Crippen LogP contribution >= 0.6 is 11.6 Å². The zero-order chi connectivity index (χ0) is 14.2. The van der Waals surface area contributed by atoms with Crippen LogP contribution in [0.2, 0.25) is 5.02 Å². The molecule has 0 amide bonds. The average Bonchev–Trinajstić information content (AvgIpc) is 2.82. The van der Waals surface area contributed by atoms with Gasteiger partial charge < -0.3 is 5.11 Å². The zero-order valence-corrected chi connectivity index (χ0v) is 11.5. The second-order valence-electron chi connectivity index (χ2n) is 4.74. The lowest BCUT2D eigenvalue weighted by Crippen LogP contribution is -2.37. The Morgan fingerprint density at radius 3 is 2.68 bits per heavy atom. The lowest BCUT2D eigenvalue weighted by Gasteiger charge is -2.20. The third-order valence-electron chi connectivity index (χ3n) is 2.94. The number of carbonyl (C=O) groups is 1. The first kappa shape index (κ1) is 13.5. The fourth-order valence-corrected chi connectivity index (χ4v) is 1.74. The van der Waals surface area contributed by atoms with E-state index in [1.165, 1.54) is 18.5 Å². The van der Waals surface area contributed by atoms with E-state index in [1.807, 2.05) is 13.0 Å². The van der Waals surface area contributed by atoms with Crippen molar-refractivity contribution in [2.75, 3.05) is 0 Å². The van der Waals surface area contributed by atoms with Gasteiger partial charge in [0, 0.05) is 10.6 Å². The van der Waals surface area contributed by atoms with Gasteiger partial charge in [-0.15, -0.1) is 5.10 Å². The van der Waals surface area contributed by atoms with Crippen LogP contribution in [0, 0.1) is 6.92 Å². The first-order valence-electron chi connectivity index (χ1n) is 5.63. The first-order chi connectivity index (χ1) is 8.84. The zero-order valence-electron chi connectivity index (χ0n) is 10.8. The molecule has 0 saturated heterocycles. The van der Waals surface area contributed by atoms with Crippen LogP contribution in [0.25, 0.3) is 11.4 Å². The third-order valence-corrected chi connectivity index (χ3v) is 3.36. The number of aryl methyl sites for hydroxylation is 1. The lowest BCUT2D eigenvalue weighted by atomic mass is 10.1. The van der Waals surface area contributed by atoms with Crippen molar-refractivity contribution in [1.82, 2.24) is 20.2 Å². The number of benzene rings is 1. The highest BCUT2D eigenvalue weighted by Gasteiger charge is 2.33. The van der Waals surface area contributed by atoms with Crippen LogP contribution < -0.4 is 0 Å². The Morgan fingerprint density at radius 2 is 2.11 bits per heavy atom. The molecule has 6 nitrogen and oxygen atoms in total. The predicted octanol–water partition coefficient (Wildman–Crippen LogP) is 2.12. The van der Waals surface area contributed by atoms with Crippen LogP contribution in [0.15, 0.2) is 18.2 Å². The molecule has 0 radical (unpaired) electrons. The molecule has 1 N–H and O–H groups in total. The third kappa shape index (κ3) is 2.31. The summed E-state index contributed by atoms with van der Waals surface area (Å²) >= 11 is 5.97. The molecule has 1 heterocycles. The molecule has 1 aromatic carbocycles. The summed E-state index contributed by atoms with van der Waals surface area (Å²) in [5, 5.41) is 21.1. The number of nitrogens with zero attached hydrogens (tertiary/aromatic N) is 4. The van der Waals surface area contributed by atoms with Gasteiger partial charge in [-0.25, -0.2) is 9.48 Å². The second kappa shape index (κ2) is 4.62. The first-order valence-corrected chi connectivity index (χ1v) is 6.00. The SMILES string of the molecule is Cc1cc(-c2nnnn2C(C)(C)C(=O)O)ccc1Cl. The summed E-state index contributed by atoms with van der Waals surface area (Å²) in [5.41, 5.74) is 0.370. The van der Waals surface area contributed by atoms with Crippen molar-refractivity contribution in [1.29, 1.82) is 0 Å². The van der Waals surface area contributed by atoms with E-state index in [1.54, 1.807) is 12.1 Å². The number of halogens is 1. The Kier molecular flexibility index (Phi) is 3.28. The van der Waals surface area contributed by atoms with Gasteiger partial charge in [-0.3, -0.25) is 0 Å². The average molecular weight is 281 g/mol. The van der Waals surface area contributed by atoms with Crippen LogP contribution in [-0.4, -0.2) is 31.3 Å². The van der Waals surface area contributed by atoms with E-state index < -0.39 is 11.5 Å². The monoisotopic (exact) mass is 280 g/mol. The molecule has 1 aromatic heterocycles. The fraction of sp³-hybridized carbons (Fsp3) is 0.333. The van der Waals surface area contributed by atoms with Gasteiger partial charge in [0.25, 0.3) is 0 Å². The largest absolute Gasteiger partial charge is 0.479 e. The molecule has 100 valence electrons. The van der Waals surface area contributed by atoms with Crippen LogP contribution in [-0.2, 0) is 10.3 Å². The molecule has 0 bridgehead atoms. The van der Waals surface area contributed by atoms with Crippen molar-refractivity contribution in [2.24, 2.45) is 0 Å². The summed E-state index contributed by atoms with van der Waals surface area (Å²) in [6, 6.07) is 5.32. The minimum atomic E-state index is -1.23. The summed E-state index contributed by atoms with van der Waals surface area (Å²) in [7, 11) is 0. The molecule has 0 atom stereocenters. The van der Waals surface area contributed by atoms with Gasteiger partial charge in [0.2, 0.25) is 0 Å². The summed E-state index contributed by atoms with van der Waals surface area (Å²) in [6.45, 7) is 4.94. The Bertz CT molecular complexity index is 636. The number of rotatable bonds is 3. The number of aliphatic carboxylic acids is 1. The van der Waals surface area contributed by atoms with Crippen molar-refractivity contribution < 1.29 is 9.90 Å². The van der Waals surface area contributed by atoms with Crippen molar-refractivity contribution in [3.05, 3.63) is 28.8 Å². The number of carboxylic acids is 1. The maximum Gasteiger partial charge on any atom is 0.331 e. The standard InChI is InChI=1S/C12H13ClN4O2/c1-7-6-8(4-5-9(7)13)10-14-15-16-17(10)12(2,3)11(18)19/h4-6H,1-3H3,(H,18,19). The molecule has 7 heteroatoms. The Labute approximate surface area is 115 Å². The van der Waals surface area contributed by atoms with Crippen LogP contribution in [0.5, 0.6) is 0 Å². The molecule has 0 unspecified atom stereocenters. The number of tetrazole rings is 1. The van der Waals surface area contributed by atoms with Gasteiger partial charge in [-0.05, 0) is 55.0 Å².